The number of halogens is 1. The first-order chi connectivity index (χ1) is 17.0. The van der Waals surface area contributed by atoms with Crippen LogP contribution in [0.25, 0.3) is 5.70 Å². The maximum Gasteiger partial charge on any atom is 0.316 e. The van der Waals surface area contributed by atoms with Crippen molar-refractivity contribution in [3.05, 3.63) is 75.3 Å². The molecule has 6 heteroatoms. The molecular formula is C30H38ClN3O2. The van der Waals surface area contributed by atoms with Crippen LogP contribution in [0, 0.1) is 11.3 Å². The third kappa shape index (κ3) is 7.30. The Kier molecular flexibility index (Phi) is 9.13. The highest BCUT2D eigenvalue weighted by Crippen LogP contribution is 2.32. The number of amidine groups is 1. The first kappa shape index (κ1) is 27.7. The zero-order valence-corrected chi connectivity index (χ0v) is 23.3. The predicted octanol–water partition coefficient (Wildman–Crippen LogP) is 7.22. The molecule has 0 saturated carbocycles. The molecule has 0 saturated heterocycles. The molecule has 2 aromatic carbocycles. The number of ether oxygens (including phenoxy) is 1. The first-order valence-electron chi connectivity index (χ1n) is 12.5. The minimum atomic E-state index is -0.448. The van der Waals surface area contributed by atoms with Crippen molar-refractivity contribution in [3.8, 4) is 0 Å². The zero-order valence-electron chi connectivity index (χ0n) is 22.5. The van der Waals surface area contributed by atoms with E-state index in [9.17, 15) is 4.79 Å². The van der Waals surface area contributed by atoms with Crippen molar-refractivity contribution in [3.63, 3.8) is 0 Å². The monoisotopic (exact) mass is 507 g/mol. The Morgan fingerprint density at radius 1 is 1.06 bits per heavy atom. The number of carbonyl (C=O) groups excluding carboxylic acids is 1. The van der Waals surface area contributed by atoms with Crippen LogP contribution < -0.4 is 5.32 Å². The molecule has 5 nitrogen and oxygen atoms in total. The van der Waals surface area contributed by atoms with Crippen molar-refractivity contribution in [1.82, 2.24) is 5.32 Å². The van der Waals surface area contributed by atoms with E-state index in [0.717, 1.165) is 52.9 Å². The van der Waals surface area contributed by atoms with Gasteiger partial charge in [-0.3, -0.25) is 4.79 Å². The van der Waals surface area contributed by atoms with E-state index in [1.165, 1.54) is 5.56 Å². The molecule has 0 radical (unpaired) electrons. The van der Waals surface area contributed by atoms with Crippen LogP contribution in [-0.4, -0.2) is 24.8 Å². The second-order valence-electron chi connectivity index (χ2n) is 10.8. The highest BCUT2D eigenvalue weighted by atomic mass is 35.5. The molecule has 1 N–H and O–H groups in total. The van der Waals surface area contributed by atoms with Gasteiger partial charge in [0.15, 0.2) is 0 Å². The van der Waals surface area contributed by atoms with E-state index in [1.54, 1.807) is 7.11 Å². The molecule has 0 aliphatic carbocycles. The minimum absolute atomic E-state index is 0.000791. The minimum Gasteiger partial charge on any atom is -0.467 e. The van der Waals surface area contributed by atoms with Gasteiger partial charge in [-0.05, 0) is 66.5 Å². The molecule has 0 unspecified atom stereocenters. The number of allylic oxidation sites excluding steroid dienone is 1. The Bertz CT molecular complexity index is 1190. The summed E-state index contributed by atoms with van der Waals surface area (Å²) in [6.07, 6.45) is 2.62. The van der Waals surface area contributed by atoms with Crippen molar-refractivity contribution >= 4 is 34.9 Å². The summed E-state index contributed by atoms with van der Waals surface area (Å²) in [6, 6.07) is 14.7. The first-order valence-corrected chi connectivity index (χ1v) is 12.9. The van der Waals surface area contributed by atoms with Crippen LogP contribution in [0.3, 0.4) is 0 Å². The average molecular weight is 508 g/mol. The Morgan fingerprint density at radius 3 is 2.33 bits per heavy atom. The molecule has 1 aliphatic rings. The van der Waals surface area contributed by atoms with Crippen molar-refractivity contribution in [1.29, 1.82) is 0 Å². The van der Waals surface area contributed by atoms with Gasteiger partial charge in [-0.15, -0.1) is 0 Å². The SMILES string of the molecule is COC1=NC(c2cc(CNC(=O)C(C)(C)C)ccc2Cl)=C(C)CCC(c2ccc(CC(C)C)cc2)=N1. The standard InChI is InChI=1S/C30H38ClN3O2/c1-19(2)16-21-9-12-23(13-10-21)26-15-8-20(3)27(34-29(33-26)36-7)24-17-22(11-14-25(24)31)18-32-28(35)30(4,5)6/h9-14,17,19H,8,15-16,18H2,1-7H3,(H,32,35). The largest absolute Gasteiger partial charge is 0.467 e. The van der Waals surface area contributed by atoms with Gasteiger partial charge in [0.25, 0.3) is 0 Å². The number of nitrogens with one attached hydrogen (secondary N) is 1. The van der Waals surface area contributed by atoms with Gasteiger partial charge in [-0.1, -0.05) is 76.6 Å². The molecule has 36 heavy (non-hydrogen) atoms. The molecule has 1 aliphatic heterocycles. The van der Waals surface area contributed by atoms with Gasteiger partial charge in [0.1, 0.15) is 0 Å². The van der Waals surface area contributed by atoms with Gasteiger partial charge in [0.05, 0.1) is 18.5 Å². The number of rotatable bonds is 6. The molecule has 0 fully saturated rings. The highest BCUT2D eigenvalue weighted by Gasteiger charge is 2.21. The summed E-state index contributed by atoms with van der Waals surface area (Å²) in [6.45, 7) is 12.6. The Hall–Kier alpha value is -2.92. The molecule has 0 spiro atoms. The summed E-state index contributed by atoms with van der Waals surface area (Å²) in [5.41, 5.74) is 6.54. The van der Waals surface area contributed by atoms with Crippen LogP contribution in [-0.2, 0) is 22.5 Å². The number of aliphatic imine (C=N–C) groups is 2. The molecule has 0 aromatic heterocycles. The summed E-state index contributed by atoms with van der Waals surface area (Å²) in [7, 11) is 1.58. The van der Waals surface area contributed by atoms with Gasteiger partial charge < -0.3 is 10.1 Å². The molecule has 192 valence electrons. The Morgan fingerprint density at radius 2 is 1.72 bits per heavy atom. The quantitative estimate of drug-likeness (QED) is 0.448. The summed E-state index contributed by atoms with van der Waals surface area (Å²) in [5, 5.41) is 3.60. The van der Waals surface area contributed by atoms with E-state index in [4.69, 9.17) is 26.3 Å². The number of carbonyl (C=O) groups is 1. The normalized spacial score (nSPS) is 14.7. The van der Waals surface area contributed by atoms with Gasteiger partial charge in [-0.25, -0.2) is 0 Å². The molecule has 1 amide bonds. The van der Waals surface area contributed by atoms with Gasteiger partial charge in [-0.2, -0.15) is 9.98 Å². The lowest BCUT2D eigenvalue weighted by Crippen LogP contribution is -2.34. The van der Waals surface area contributed by atoms with Gasteiger partial charge in [0, 0.05) is 22.5 Å². The van der Waals surface area contributed by atoms with Crippen LogP contribution in [0.4, 0.5) is 0 Å². The molecule has 1 heterocycles. The summed E-state index contributed by atoms with van der Waals surface area (Å²) >= 11 is 6.62. The average Bonchev–Trinajstić information content (AvgIpc) is 2.81. The maximum absolute atomic E-state index is 12.3. The van der Waals surface area contributed by atoms with Crippen molar-refractivity contribution < 1.29 is 9.53 Å². The molecule has 0 bridgehead atoms. The smallest absolute Gasteiger partial charge is 0.316 e. The lowest BCUT2D eigenvalue weighted by atomic mass is 9.95. The molecule has 3 rings (SSSR count). The van der Waals surface area contributed by atoms with Gasteiger partial charge >= 0.3 is 6.02 Å². The number of methoxy groups -OCH3 is 1. The third-order valence-corrected chi connectivity index (χ3v) is 6.44. The number of benzene rings is 2. The summed E-state index contributed by atoms with van der Waals surface area (Å²) in [4.78, 5) is 21.9. The van der Waals surface area contributed by atoms with Crippen LogP contribution in [0.1, 0.15) is 76.6 Å². The topological polar surface area (TPSA) is 63.0 Å². The predicted molar refractivity (Wildman–Crippen MR) is 151 cm³/mol. The van der Waals surface area contributed by atoms with Gasteiger partial charge in [0.2, 0.25) is 5.91 Å². The summed E-state index contributed by atoms with van der Waals surface area (Å²) in [5.74, 6) is 0.618. The second-order valence-corrected chi connectivity index (χ2v) is 11.2. The van der Waals surface area contributed by atoms with E-state index in [1.807, 2.05) is 39.0 Å². The van der Waals surface area contributed by atoms with E-state index in [-0.39, 0.29) is 5.91 Å². The summed E-state index contributed by atoms with van der Waals surface area (Å²) < 4.78 is 5.57. The zero-order chi connectivity index (χ0) is 26.5. The van der Waals surface area contributed by atoms with Crippen molar-refractivity contribution in [2.75, 3.05) is 7.11 Å². The third-order valence-electron chi connectivity index (χ3n) is 6.11. The van der Waals surface area contributed by atoms with Crippen molar-refractivity contribution in [2.24, 2.45) is 21.3 Å². The number of nitrogens with zero attached hydrogens (tertiary/aromatic N) is 2. The van der Waals surface area contributed by atoms with E-state index >= 15 is 0 Å². The number of hydrogen-bond donors (Lipinski definition) is 1. The molecule has 0 atom stereocenters. The maximum atomic E-state index is 12.3. The second kappa shape index (κ2) is 11.9. The fraction of sp³-hybridized carbons (Fsp3) is 0.433. The van der Waals surface area contributed by atoms with E-state index < -0.39 is 5.41 Å². The fourth-order valence-corrected chi connectivity index (χ4v) is 4.23. The fourth-order valence-electron chi connectivity index (χ4n) is 4.02. The molecular weight excluding hydrogens is 470 g/mol. The Labute approximate surface area is 220 Å². The van der Waals surface area contributed by atoms with Crippen LogP contribution in [0.15, 0.2) is 58.0 Å². The Balaban J connectivity index is 1.91. The van der Waals surface area contributed by atoms with E-state index in [2.05, 4.69) is 50.4 Å². The van der Waals surface area contributed by atoms with E-state index in [0.29, 0.717) is 23.5 Å². The van der Waals surface area contributed by atoms with Crippen molar-refractivity contribution in [2.45, 2.75) is 67.3 Å². The van der Waals surface area contributed by atoms with Crippen LogP contribution in [0.5, 0.6) is 0 Å². The number of hydrogen-bond acceptors (Lipinski definition) is 4. The highest BCUT2D eigenvalue weighted by molar-refractivity contribution is 6.32. The lowest BCUT2D eigenvalue weighted by Gasteiger charge is -2.19. The van der Waals surface area contributed by atoms with Crippen LogP contribution in [0.2, 0.25) is 5.02 Å². The number of amides is 1. The molecule has 2 aromatic rings. The van der Waals surface area contributed by atoms with Crippen LogP contribution >= 0.6 is 11.6 Å². The lowest BCUT2D eigenvalue weighted by molar-refractivity contribution is -0.128.